The molecule has 1 fully saturated rings. The Kier molecular flexibility index (Phi) is 4.10. The lowest BCUT2D eigenvalue weighted by atomic mass is 9.79. The standard InChI is InChI=1S/C15H17NO3/c1-2-3-12(17)15-13(18)8-11(9-14(15)19)10-4-6-16-7-5-10/h4-7,11,17H,2-3,8-9H2,1H3. The Morgan fingerprint density at radius 1 is 1.26 bits per heavy atom. The second-order valence-corrected chi connectivity index (χ2v) is 4.80. The summed E-state index contributed by atoms with van der Waals surface area (Å²) in [7, 11) is 0. The molecule has 1 heterocycles. The van der Waals surface area contributed by atoms with Gasteiger partial charge < -0.3 is 5.11 Å². The van der Waals surface area contributed by atoms with Gasteiger partial charge in [-0.05, 0) is 30.0 Å². The van der Waals surface area contributed by atoms with Gasteiger partial charge in [-0.2, -0.15) is 0 Å². The zero-order valence-corrected chi connectivity index (χ0v) is 10.9. The highest BCUT2D eigenvalue weighted by molar-refractivity contribution is 6.22. The van der Waals surface area contributed by atoms with Crippen LogP contribution in [0.5, 0.6) is 0 Å². The molecule has 0 amide bonds. The summed E-state index contributed by atoms with van der Waals surface area (Å²) in [6.45, 7) is 1.90. The summed E-state index contributed by atoms with van der Waals surface area (Å²) in [5.74, 6) is -0.639. The van der Waals surface area contributed by atoms with Crippen molar-refractivity contribution in [1.82, 2.24) is 4.98 Å². The maximum Gasteiger partial charge on any atom is 0.170 e. The van der Waals surface area contributed by atoms with Gasteiger partial charge in [0.05, 0.1) is 5.57 Å². The Balaban J connectivity index is 2.22. The maximum atomic E-state index is 12.1. The fourth-order valence-corrected chi connectivity index (χ4v) is 2.43. The van der Waals surface area contributed by atoms with E-state index in [2.05, 4.69) is 4.98 Å². The topological polar surface area (TPSA) is 67.3 Å². The van der Waals surface area contributed by atoms with E-state index in [0.717, 1.165) is 5.56 Å². The molecule has 0 aliphatic heterocycles. The van der Waals surface area contributed by atoms with Crippen LogP contribution in [-0.4, -0.2) is 21.7 Å². The quantitative estimate of drug-likeness (QED) is 0.515. The molecule has 0 bridgehead atoms. The number of nitrogens with zero attached hydrogens (tertiary/aromatic N) is 1. The first-order valence-electron chi connectivity index (χ1n) is 6.52. The third-order valence-corrected chi connectivity index (χ3v) is 3.37. The van der Waals surface area contributed by atoms with Crippen LogP contribution in [-0.2, 0) is 9.59 Å². The summed E-state index contributed by atoms with van der Waals surface area (Å²) < 4.78 is 0. The van der Waals surface area contributed by atoms with Gasteiger partial charge in [0, 0.05) is 31.7 Å². The molecule has 0 spiro atoms. The minimum absolute atomic E-state index is 0.0205. The van der Waals surface area contributed by atoms with Crippen molar-refractivity contribution in [3.63, 3.8) is 0 Å². The molecular weight excluding hydrogens is 242 g/mol. The number of hydrogen-bond acceptors (Lipinski definition) is 4. The van der Waals surface area contributed by atoms with E-state index in [9.17, 15) is 14.7 Å². The number of pyridine rings is 1. The van der Waals surface area contributed by atoms with Gasteiger partial charge in [0.2, 0.25) is 0 Å². The molecule has 0 unspecified atom stereocenters. The van der Waals surface area contributed by atoms with Crippen LogP contribution in [0.25, 0.3) is 0 Å². The molecule has 0 atom stereocenters. The second-order valence-electron chi connectivity index (χ2n) is 4.80. The molecule has 1 N–H and O–H groups in total. The summed E-state index contributed by atoms with van der Waals surface area (Å²) >= 11 is 0. The smallest absolute Gasteiger partial charge is 0.170 e. The van der Waals surface area contributed by atoms with Crippen molar-refractivity contribution >= 4 is 11.6 Å². The summed E-state index contributed by atoms with van der Waals surface area (Å²) in [5, 5.41) is 9.80. The molecule has 4 heteroatoms. The average Bonchev–Trinajstić information content (AvgIpc) is 2.39. The zero-order valence-electron chi connectivity index (χ0n) is 10.9. The number of carbonyl (C=O) groups excluding carboxylic acids is 2. The summed E-state index contributed by atoms with van der Waals surface area (Å²) in [4.78, 5) is 28.0. The van der Waals surface area contributed by atoms with Crippen molar-refractivity contribution in [3.05, 3.63) is 41.4 Å². The average molecular weight is 259 g/mol. The van der Waals surface area contributed by atoms with Crippen LogP contribution < -0.4 is 0 Å². The van der Waals surface area contributed by atoms with E-state index >= 15 is 0 Å². The van der Waals surface area contributed by atoms with Crippen molar-refractivity contribution < 1.29 is 14.7 Å². The minimum atomic E-state index is -0.246. The van der Waals surface area contributed by atoms with E-state index in [1.807, 2.05) is 19.1 Å². The molecule has 19 heavy (non-hydrogen) atoms. The highest BCUT2D eigenvalue weighted by Crippen LogP contribution is 2.32. The van der Waals surface area contributed by atoms with E-state index in [4.69, 9.17) is 0 Å². The number of ketones is 2. The number of rotatable bonds is 3. The van der Waals surface area contributed by atoms with Crippen LogP contribution in [0, 0.1) is 0 Å². The van der Waals surface area contributed by atoms with Gasteiger partial charge in [-0.15, -0.1) is 0 Å². The normalized spacial score (nSPS) is 19.6. The lowest BCUT2D eigenvalue weighted by Gasteiger charge is -2.22. The van der Waals surface area contributed by atoms with E-state index in [1.54, 1.807) is 12.4 Å². The molecule has 1 aliphatic rings. The van der Waals surface area contributed by atoms with Gasteiger partial charge in [-0.3, -0.25) is 14.6 Å². The molecule has 4 nitrogen and oxygen atoms in total. The van der Waals surface area contributed by atoms with Gasteiger partial charge >= 0.3 is 0 Å². The third kappa shape index (κ3) is 2.89. The highest BCUT2D eigenvalue weighted by atomic mass is 16.3. The Hall–Kier alpha value is -1.97. The lowest BCUT2D eigenvalue weighted by Crippen LogP contribution is -2.26. The number of aromatic nitrogens is 1. The molecule has 1 aliphatic carbocycles. The van der Waals surface area contributed by atoms with Gasteiger partial charge in [0.15, 0.2) is 11.6 Å². The largest absolute Gasteiger partial charge is 0.511 e. The first-order chi connectivity index (χ1) is 9.13. The van der Waals surface area contributed by atoms with Crippen molar-refractivity contribution in [1.29, 1.82) is 0 Å². The van der Waals surface area contributed by atoms with E-state index in [-0.39, 0.29) is 41.7 Å². The molecule has 0 aromatic carbocycles. The van der Waals surface area contributed by atoms with Crippen molar-refractivity contribution in [3.8, 4) is 0 Å². The predicted molar refractivity (Wildman–Crippen MR) is 70.8 cm³/mol. The monoisotopic (exact) mass is 259 g/mol. The molecule has 1 saturated carbocycles. The number of aliphatic hydroxyl groups excluding tert-OH is 1. The van der Waals surface area contributed by atoms with Gasteiger partial charge in [0.25, 0.3) is 0 Å². The number of Topliss-reactive ketones (excluding diaryl/α,β-unsaturated/α-hetero) is 2. The fourth-order valence-electron chi connectivity index (χ4n) is 2.43. The molecule has 2 rings (SSSR count). The van der Waals surface area contributed by atoms with Crippen molar-refractivity contribution in [2.75, 3.05) is 0 Å². The number of aliphatic hydroxyl groups is 1. The lowest BCUT2D eigenvalue weighted by molar-refractivity contribution is -0.124. The first kappa shape index (κ1) is 13.5. The maximum absolute atomic E-state index is 12.1. The minimum Gasteiger partial charge on any atom is -0.511 e. The zero-order chi connectivity index (χ0) is 13.8. The van der Waals surface area contributed by atoms with E-state index < -0.39 is 0 Å². The summed E-state index contributed by atoms with van der Waals surface area (Å²) in [6, 6.07) is 3.65. The summed E-state index contributed by atoms with van der Waals surface area (Å²) in [6.07, 6.45) is 4.96. The molecular formula is C15H17NO3. The SMILES string of the molecule is CCCC(O)=C1C(=O)CC(c2ccncc2)CC1=O. The van der Waals surface area contributed by atoms with Crippen LogP contribution >= 0.6 is 0 Å². The van der Waals surface area contributed by atoms with Crippen LogP contribution in [0.2, 0.25) is 0 Å². The molecule has 1 aromatic heterocycles. The predicted octanol–water partition coefficient (Wildman–Crippen LogP) is 2.71. The third-order valence-electron chi connectivity index (χ3n) is 3.37. The Labute approximate surface area is 112 Å². The highest BCUT2D eigenvalue weighted by Gasteiger charge is 2.33. The Morgan fingerprint density at radius 3 is 2.37 bits per heavy atom. The van der Waals surface area contributed by atoms with Crippen molar-refractivity contribution in [2.45, 2.75) is 38.5 Å². The van der Waals surface area contributed by atoms with E-state index in [0.29, 0.717) is 12.8 Å². The Bertz CT molecular complexity index is 499. The van der Waals surface area contributed by atoms with Crippen LogP contribution in [0.4, 0.5) is 0 Å². The molecule has 0 saturated heterocycles. The fraction of sp³-hybridized carbons (Fsp3) is 0.400. The number of allylic oxidation sites excluding steroid dienone is 2. The van der Waals surface area contributed by atoms with Gasteiger partial charge in [-0.25, -0.2) is 0 Å². The first-order valence-corrected chi connectivity index (χ1v) is 6.52. The Morgan fingerprint density at radius 2 is 1.84 bits per heavy atom. The van der Waals surface area contributed by atoms with Gasteiger partial charge in [0.1, 0.15) is 5.76 Å². The van der Waals surface area contributed by atoms with Crippen LogP contribution in [0.15, 0.2) is 35.9 Å². The molecule has 100 valence electrons. The van der Waals surface area contributed by atoms with Crippen LogP contribution in [0.3, 0.4) is 0 Å². The summed E-state index contributed by atoms with van der Waals surface area (Å²) in [5.41, 5.74) is 0.970. The number of hydrogen-bond donors (Lipinski definition) is 1. The molecule has 1 aromatic rings. The van der Waals surface area contributed by atoms with Gasteiger partial charge in [-0.1, -0.05) is 6.92 Å². The number of carbonyl (C=O) groups is 2. The van der Waals surface area contributed by atoms with Crippen molar-refractivity contribution in [2.24, 2.45) is 0 Å². The van der Waals surface area contributed by atoms with E-state index in [1.165, 1.54) is 0 Å². The second kappa shape index (κ2) is 5.78. The molecule has 0 radical (unpaired) electrons. The van der Waals surface area contributed by atoms with Crippen LogP contribution in [0.1, 0.15) is 44.1 Å².